The number of nitrogens with zero attached hydrogens (tertiary/aromatic N) is 3. The molecule has 4 heteroatoms. The molecule has 2 rings (SSSR count). The van der Waals surface area contributed by atoms with E-state index < -0.39 is 0 Å². The summed E-state index contributed by atoms with van der Waals surface area (Å²) in [6.07, 6.45) is 6.46. The van der Waals surface area contributed by atoms with Crippen LogP contribution in [0.4, 0.5) is 0 Å². The number of aromatic nitrogens is 2. The van der Waals surface area contributed by atoms with Gasteiger partial charge in [0.15, 0.2) is 0 Å². The summed E-state index contributed by atoms with van der Waals surface area (Å²) in [6.45, 7) is 7.76. The maximum atomic E-state index is 4.40. The molecule has 1 N–H and O–H groups in total. The molecule has 1 atom stereocenters. The average molecular weight is 236 g/mol. The maximum absolute atomic E-state index is 4.40. The molecule has 0 spiro atoms. The number of hydrogen-bond donors (Lipinski definition) is 1. The first-order chi connectivity index (χ1) is 8.29. The first kappa shape index (κ1) is 12.6. The van der Waals surface area contributed by atoms with Crippen molar-refractivity contribution in [2.75, 3.05) is 26.7 Å². The Bertz CT molecular complexity index is 334. The van der Waals surface area contributed by atoms with Gasteiger partial charge in [-0.05, 0) is 38.9 Å². The molecule has 0 aromatic carbocycles. The third-order valence-electron chi connectivity index (χ3n) is 3.47. The van der Waals surface area contributed by atoms with Crippen molar-refractivity contribution >= 4 is 0 Å². The van der Waals surface area contributed by atoms with Crippen LogP contribution in [0.5, 0.6) is 0 Å². The molecule has 1 fully saturated rings. The van der Waals surface area contributed by atoms with Crippen molar-refractivity contribution < 1.29 is 0 Å². The van der Waals surface area contributed by atoms with Crippen molar-refractivity contribution in [1.29, 1.82) is 0 Å². The normalized spacial score (nSPS) is 21.2. The zero-order valence-corrected chi connectivity index (χ0v) is 11.0. The van der Waals surface area contributed by atoms with Crippen molar-refractivity contribution in [3.63, 3.8) is 0 Å². The lowest BCUT2D eigenvalue weighted by molar-refractivity contribution is 0.387. The highest BCUT2D eigenvalue weighted by atomic mass is 15.1. The van der Waals surface area contributed by atoms with Gasteiger partial charge in [-0.3, -0.25) is 0 Å². The Kier molecular flexibility index (Phi) is 4.57. The quantitative estimate of drug-likeness (QED) is 0.809. The average Bonchev–Trinajstić information content (AvgIpc) is 2.90. The molecule has 0 radical (unpaired) electrons. The number of rotatable bonds is 6. The lowest BCUT2D eigenvalue weighted by atomic mass is 10.1. The van der Waals surface area contributed by atoms with E-state index >= 15 is 0 Å². The molecule has 4 nitrogen and oxygen atoms in total. The van der Waals surface area contributed by atoms with Crippen molar-refractivity contribution in [2.45, 2.75) is 32.9 Å². The minimum Gasteiger partial charge on any atom is -0.334 e. The van der Waals surface area contributed by atoms with E-state index in [-0.39, 0.29) is 0 Å². The number of imidazole rings is 1. The van der Waals surface area contributed by atoms with Gasteiger partial charge in [-0.1, -0.05) is 6.92 Å². The SMILES string of the molecule is CCCn1ccnc1CNCC1CCN(C)C1. The molecule has 1 unspecified atom stereocenters. The van der Waals surface area contributed by atoms with E-state index in [9.17, 15) is 0 Å². The van der Waals surface area contributed by atoms with Crippen LogP contribution in [0, 0.1) is 5.92 Å². The van der Waals surface area contributed by atoms with Gasteiger partial charge in [-0.2, -0.15) is 0 Å². The molecule has 0 aliphatic carbocycles. The molecule has 1 aliphatic heterocycles. The van der Waals surface area contributed by atoms with E-state index in [2.05, 4.69) is 39.9 Å². The van der Waals surface area contributed by atoms with E-state index in [0.29, 0.717) is 0 Å². The molecule has 1 aromatic heterocycles. The van der Waals surface area contributed by atoms with Gasteiger partial charge < -0.3 is 14.8 Å². The molecule has 17 heavy (non-hydrogen) atoms. The minimum absolute atomic E-state index is 0.814. The second-order valence-electron chi connectivity index (χ2n) is 5.08. The van der Waals surface area contributed by atoms with Gasteiger partial charge in [0.05, 0.1) is 6.54 Å². The summed E-state index contributed by atoms with van der Waals surface area (Å²) in [5.74, 6) is 1.98. The number of aryl methyl sites for hydroxylation is 1. The number of nitrogens with one attached hydrogen (secondary N) is 1. The van der Waals surface area contributed by atoms with Crippen molar-refractivity contribution in [2.24, 2.45) is 5.92 Å². The first-order valence-corrected chi connectivity index (χ1v) is 6.69. The lowest BCUT2D eigenvalue weighted by Gasteiger charge is -2.12. The number of hydrogen-bond acceptors (Lipinski definition) is 3. The molecular weight excluding hydrogens is 212 g/mol. The summed E-state index contributed by atoms with van der Waals surface area (Å²) >= 11 is 0. The fraction of sp³-hybridized carbons (Fsp3) is 0.769. The Balaban J connectivity index is 1.72. The third-order valence-corrected chi connectivity index (χ3v) is 3.47. The van der Waals surface area contributed by atoms with Crippen LogP contribution in [-0.4, -0.2) is 41.1 Å². The van der Waals surface area contributed by atoms with Gasteiger partial charge in [0.25, 0.3) is 0 Å². The van der Waals surface area contributed by atoms with Gasteiger partial charge in [-0.25, -0.2) is 4.98 Å². The van der Waals surface area contributed by atoms with Crippen LogP contribution in [0.3, 0.4) is 0 Å². The van der Waals surface area contributed by atoms with Crippen LogP contribution in [0.1, 0.15) is 25.6 Å². The van der Waals surface area contributed by atoms with E-state index in [4.69, 9.17) is 0 Å². The van der Waals surface area contributed by atoms with Crippen LogP contribution >= 0.6 is 0 Å². The molecule has 1 aromatic rings. The van der Waals surface area contributed by atoms with Crippen LogP contribution in [0.25, 0.3) is 0 Å². The second kappa shape index (κ2) is 6.17. The highest BCUT2D eigenvalue weighted by Gasteiger charge is 2.18. The molecule has 1 saturated heterocycles. The minimum atomic E-state index is 0.814. The van der Waals surface area contributed by atoms with Crippen LogP contribution in [0.2, 0.25) is 0 Å². The molecule has 2 heterocycles. The second-order valence-corrected chi connectivity index (χ2v) is 5.08. The third kappa shape index (κ3) is 3.54. The molecule has 0 amide bonds. The van der Waals surface area contributed by atoms with E-state index in [1.54, 1.807) is 0 Å². The van der Waals surface area contributed by atoms with Crippen LogP contribution in [-0.2, 0) is 13.1 Å². The molecule has 96 valence electrons. The maximum Gasteiger partial charge on any atom is 0.122 e. The standard InChI is InChI=1S/C13H24N4/c1-3-6-17-8-5-15-13(17)10-14-9-12-4-7-16(2)11-12/h5,8,12,14H,3-4,6-7,9-11H2,1-2H3. The molecule has 0 saturated carbocycles. The summed E-state index contributed by atoms with van der Waals surface area (Å²) in [6, 6.07) is 0. The molecule has 0 bridgehead atoms. The fourth-order valence-electron chi connectivity index (χ4n) is 2.53. The Morgan fingerprint density at radius 1 is 1.53 bits per heavy atom. The van der Waals surface area contributed by atoms with Gasteiger partial charge >= 0.3 is 0 Å². The predicted octanol–water partition coefficient (Wildman–Crippen LogP) is 1.33. The zero-order chi connectivity index (χ0) is 12.1. The molecular formula is C13H24N4. The Morgan fingerprint density at radius 2 is 2.41 bits per heavy atom. The summed E-state index contributed by atoms with van der Waals surface area (Å²) < 4.78 is 2.24. The largest absolute Gasteiger partial charge is 0.334 e. The van der Waals surface area contributed by atoms with Gasteiger partial charge in [0, 0.05) is 25.5 Å². The Hall–Kier alpha value is -0.870. The zero-order valence-electron chi connectivity index (χ0n) is 11.0. The van der Waals surface area contributed by atoms with E-state index in [1.807, 2.05) is 6.20 Å². The lowest BCUT2D eigenvalue weighted by Crippen LogP contribution is -2.26. The first-order valence-electron chi connectivity index (χ1n) is 6.69. The fourth-order valence-corrected chi connectivity index (χ4v) is 2.53. The monoisotopic (exact) mass is 236 g/mol. The Morgan fingerprint density at radius 3 is 3.12 bits per heavy atom. The predicted molar refractivity (Wildman–Crippen MR) is 69.8 cm³/mol. The van der Waals surface area contributed by atoms with Gasteiger partial charge in [0.2, 0.25) is 0 Å². The van der Waals surface area contributed by atoms with E-state index in [0.717, 1.165) is 32.0 Å². The summed E-state index contributed by atoms with van der Waals surface area (Å²) in [7, 11) is 2.20. The van der Waals surface area contributed by atoms with Gasteiger partial charge in [-0.15, -0.1) is 0 Å². The molecule has 1 aliphatic rings. The smallest absolute Gasteiger partial charge is 0.122 e. The summed E-state index contributed by atoms with van der Waals surface area (Å²) in [5.41, 5.74) is 0. The van der Waals surface area contributed by atoms with Crippen molar-refractivity contribution in [3.8, 4) is 0 Å². The van der Waals surface area contributed by atoms with Crippen LogP contribution in [0.15, 0.2) is 12.4 Å². The summed E-state index contributed by atoms with van der Waals surface area (Å²) in [4.78, 5) is 6.81. The Labute approximate surface area is 104 Å². The van der Waals surface area contributed by atoms with E-state index in [1.165, 1.54) is 25.3 Å². The topological polar surface area (TPSA) is 33.1 Å². The van der Waals surface area contributed by atoms with Crippen molar-refractivity contribution in [1.82, 2.24) is 19.8 Å². The van der Waals surface area contributed by atoms with Crippen LogP contribution < -0.4 is 5.32 Å². The van der Waals surface area contributed by atoms with Gasteiger partial charge in [0.1, 0.15) is 5.82 Å². The highest BCUT2D eigenvalue weighted by molar-refractivity contribution is 4.92. The summed E-state index contributed by atoms with van der Waals surface area (Å²) in [5, 5.41) is 3.54. The van der Waals surface area contributed by atoms with Crippen molar-refractivity contribution in [3.05, 3.63) is 18.2 Å². The highest BCUT2D eigenvalue weighted by Crippen LogP contribution is 2.12. The number of likely N-dealkylation sites (tertiary alicyclic amines) is 1.